The molecule has 114 valence electrons. The Balaban J connectivity index is 1.95. The molecule has 3 nitrogen and oxygen atoms in total. The van der Waals surface area contributed by atoms with Crippen LogP contribution in [0.3, 0.4) is 0 Å². The molecule has 1 aliphatic heterocycles. The van der Waals surface area contributed by atoms with Crippen molar-refractivity contribution in [3.63, 3.8) is 0 Å². The largest absolute Gasteiger partial charge is 0.316 e. The van der Waals surface area contributed by atoms with Crippen molar-refractivity contribution >= 4 is 0 Å². The first-order valence-electron chi connectivity index (χ1n) is 8.21. The van der Waals surface area contributed by atoms with E-state index >= 15 is 0 Å². The van der Waals surface area contributed by atoms with Crippen LogP contribution in [-0.4, -0.2) is 37.6 Å². The number of nitrogens with zero attached hydrogens (tertiary/aromatic N) is 2. The molecule has 1 heterocycles. The third-order valence-electron chi connectivity index (χ3n) is 4.25. The number of benzene rings is 1. The number of rotatable bonds is 7. The van der Waals surface area contributed by atoms with Gasteiger partial charge in [0.05, 0.1) is 12.0 Å². The zero-order valence-corrected chi connectivity index (χ0v) is 13.1. The van der Waals surface area contributed by atoms with Gasteiger partial charge in [0.1, 0.15) is 0 Å². The van der Waals surface area contributed by atoms with Gasteiger partial charge in [0.15, 0.2) is 0 Å². The molecule has 1 fully saturated rings. The predicted octanol–water partition coefficient (Wildman–Crippen LogP) is 3.01. The topological polar surface area (TPSA) is 39.1 Å². The van der Waals surface area contributed by atoms with E-state index in [9.17, 15) is 5.26 Å². The maximum Gasteiger partial charge on any atom is 0.0839 e. The van der Waals surface area contributed by atoms with Crippen LogP contribution in [0.1, 0.15) is 37.7 Å². The minimum atomic E-state index is -0.0192. The summed E-state index contributed by atoms with van der Waals surface area (Å²) < 4.78 is 0. The molecule has 0 aliphatic carbocycles. The molecule has 0 amide bonds. The fourth-order valence-electron chi connectivity index (χ4n) is 3.18. The molecule has 0 spiro atoms. The van der Waals surface area contributed by atoms with Crippen molar-refractivity contribution in [1.29, 1.82) is 5.26 Å². The Morgan fingerprint density at radius 3 is 2.81 bits per heavy atom. The van der Waals surface area contributed by atoms with Crippen molar-refractivity contribution < 1.29 is 0 Å². The molecule has 1 aromatic carbocycles. The third kappa shape index (κ3) is 5.15. The lowest BCUT2D eigenvalue weighted by Crippen LogP contribution is -2.40. The van der Waals surface area contributed by atoms with E-state index in [0.29, 0.717) is 0 Å². The second kappa shape index (κ2) is 8.81. The van der Waals surface area contributed by atoms with Crippen molar-refractivity contribution in [3.05, 3.63) is 35.9 Å². The number of nitriles is 1. The molecule has 2 atom stereocenters. The quantitative estimate of drug-likeness (QED) is 0.837. The molecule has 2 rings (SSSR count). The summed E-state index contributed by atoms with van der Waals surface area (Å²) in [7, 11) is 0. The molecule has 1 aliphatic rings. The Hall–Kier alpha value is -1.37. The van der Waals surface area contributed by atoms with E-state index < -0.39 is 0 Å². The predicted molar refractivity (Wildman–Crippen MR) is 87.1 cm³/mol. The fourth-order valence-corrected chi connectivity index (χ4v) is 3.18. The Bertz CT molecular complexity index is 432. The van der Waals surface area contributed by atoms with E-state index in [1.807, 2.05) is 18.2 Å². The zero-order chi connectivity index (χ0) is 14.9. The van der Waals surface area contributed by atoms with Gasteiger partial charge in [-0.15, -0.1) is 0 Å². The molecule has 1 aromatic rings. The normalized spacial score (nSPS) is 20.1. The molecule has 2 unspecified atom stereocenters. The first-order valence-corrected chi connectivity index (χ1v) is 8.21. The highest BCUT2D eigenvalue weighted by atomic mass is 15.1. The lowest BCUT2D eigenvalue weighted by atomic mass is 9.96. The van der Waals surface area contributed by atoms with Gasteiger partial charge in [0.25, 0.3) is 0 Å². The lowest BCUT2D eigenvalue weighted by Gasteiger charge is -2.31. The molecule has 3 heteroatoms. The minimum absolute atomic E-state index is 0.0192. The van der Waals surface area contributed by atoms with Crippen molar-refractivity contribution in [2.75, 3.05) is 32.7 Å². The van der Waals surface area contributed by atoms with Crippen LogP contribution in [0.5, 0.6) is 0 Å². The highest BCUT2D eigenvalue weighted by Gasteiger charge is 2.20. The lowest BCUT2D eigenvalue weighted by molar-refractivity contribution is 0.205. The number of piperidine rings is 1. The van der Waals surface area contributed by atoms with Crippen molar-refractivity contribution in [3.8, 4) is 6.07 Å². The van der Waals surface area contributed by atoms with Crippen LogP contribution < -0.4 is 5.32 Å². The summed E-state index contributed by atoms with van der Waals surface area (Å²) in [5.74, 6) is 0.717. The van der Waals surface area contributed by atoms with Crippen molar-refractivity contribution in [2.24, 2.45) is 5.92 Å². The van der Waals surface area contributed by atoms with Gasteiger partial charge in [-0.2, -0.15) is 5.26 Å². The van der Waals surface area contributed by atoms with Crippen LogP contribution in [-0.2, 0) is 0 Å². The minimum Gasteiger partial charge on any atom is -0.316 e. The first-order chi connectivity index (χ1) is 10.3. The molecule has 0 aromatic heterocycles. The van der Waals surface area contributed by atoms with Gasteiger partial charge >= 0.3 is 0 Å². The summed E-state index contributed by atoms with van der Waals surface area (Å²) in [5.41, 5.74) is 1.14. The molecule has 1 saturated heterocycles. The van der Waals surface area contributed by atoms with E-state index in [0.717, 1.165) is 50.6 Å². The van der Waals surface area contributed by atoms with Gasteiger partial charge in [-0.1, -0.05) is 37.3 Å². The molecule has 0 saturated carbocycles. The molecule has 1 N–H and O–H groups in total. The van der Waals surface area contributed by atoms with Crippen LogP contribution in [0, 0.1) is 17.2 Å². The highest BCUT2D eigenvalue weighted by molar-refractivity contribution is 5.25. The van der Waals surface area contributed by atoms with Crippen molar-refractivity contribution in [2.45, 2.75) is 32.1 Å². The summed E-state index contributed by atoms with van der Waals surface area (Å²) in [5, 5.41) is 13.0. The fraction of sp³-hybridized carbons (Fsp3) is 0.611. The zero-order valence-electron chi connectivity index (χ0n) is 13.1. The van der Waals surface area contributed by atoms with Gasteiger partial charge in [0.2, 0.25) is 0 Å². The average molecular weight is 285 g/mol. The second-order valence-corrected chi connectivity index (χ2v) is 6.06. The Morgan fingerprint density at radius 2 is 2.19 bits per heavy atom. The van der Waals surface area contributed by atoms with E-state index in [2.05, 4.69) is 35.3 Å². The van der Waals surface area contributed by atoms with Gasteiger partial charge in [-0.25, -0.2) is 0 Å². The highest BCUT2D eigenvalue weighted by Crippen LogP contribution is 2.19. The Morgan fingerprint density at radius 1 is 1.38 bits per heavy atom. The molecule has 0 radical (unpaired) electrons. The summed E-state index contributed by atoms with van der Waals surface area (Å²) in [6.45, 7) is 7.56. The van der Waals surface area contributed by atoms with Crippen LogP contribution in [0.15, 0.2) is 30.3 Å². The maximum atomic E-state index is 9.51. The number of hydrogen-bond donors (Lipinski definition) is 1. The van der Waals surface area contributed by atoms with Gasteiger partial charge in [-0.05, 0) is 50.4 Å². The second-order valence-electron chi connectivity index (χ2n) is 6.06. The van der Waals surface area contributed by atoms with E-state index in [4.69, 9.17) is 0 Å². The van der Waals surface area contributed by atoms with Gasteiger partial charge < -0.3 is 10.2 Å². The molecular weight excluding hydrogens is 258 g/mol. The summed E-state index contributed by atoms with van der Waals surface area (Å²) >= 11 is 0. The number of hydrogen-bond acceptors (Lipinski definition) is 3. The Labute approximate surface area is 129 Å². The van der Waals surface area contributed by atoms with Gasteiger partial charge in [-0.3, -0.25) is 0 Å². The molecular formula is C18H27N3. The van der Waals surface area contributed by atoms with Crippen LogP contribution in [0.4, 0.5) is 0 Å². The van der Waals surface area contributed by atoms with E-state index in [1.165, 1.54) is 12.8 Å². The molecule has 21 heavy (non-hydrogen) atoms. The van der Waals surface area contributed by atoms with Crippen LogP contribution in [0.25, 0.3) is 0 Å². The standard InChI is InChI=1S/C18H27N3/c1-2-11-21(14-16-7-6-10-20-13-16)15-18(12-19)17-8-4-3-5-9-17/h3-5,8-9,16,18,20H,2,6-7,10-11,13-15H2,1H3. The van der Waals surface area contributed by atoms with Crippen LogP contribution >= 0.6 is 0 Å². The monoisotopic (exact) mass is 285 g/mol. The maximum absolute atomic E-state index is 9.51. The third-order valence-corrected chi connectivity index (χ3v) is 4.25. The Kier molecular flexibility index (Phi) is 6.72. The number of nitrogens with one attached hydrogen (secondary N) is 1. The van der Waals surface area contributed by atoms with E-state index in [-0.39, 0.29) is 5.92 Å². The smallest absolute Gasteiger partial charge is 0.0839 e. The van der Waals surface area contributed by atoms with Crippen molar-refractivity contribution in [1.82, 2.24) is 10.2 Å². The summed E-state index contributed by atoms with van der Waals surface area (Å²) in [6, 6.07) is 12.7. The first kappa shape index (κ1) is 16.0. The van der Waals surface area contributed by atoms with Crippen LogP contribution in [0.2, 0.25) is 0 Å². The van der Waals surface area contributed by atoms with Gasteiger partial charge in [0, 0.05) is 13.1 Å². The summed E-state index contributed by atoms with van der Waals surface area (Å²) in [6.07, 6.45) is 3.74. The van der Waals surface area contributed by atoms with E-state index in [1.54, 1.807) is 0 Å². The SMILES string of the molecule is CCCN(CC1CCCNC1)CC(C#N)c1ccccc1. The molecule has 0 bridgehead atoms. The average Bonchev–Trinajstić information content (AvgIpc) is 2.54. The summed E-state index contributed by atoms with van der Waals surface area (Å²) in [4.78, 5) is 2.48.